The van der Waals surface area contributed by atoms with Crippen molar-refractivity contribution in [3.05, 3.63) is 36.2 Å². The van der Waals surface area contributed by atoms with E-state index in [0.717, 1.165) is 24.5 Å². The fourth-order valence-electron chi connectivity index (χ4n) is 1.72. The van der Waals surface area contributed by atoms with E-state index < -0.39 is 0 Å². The molecule has 5 nitrogen and oxygen atoms in total. The van der Waals surface area contributed by atoms with E-state index >= 15 is 0 Å². The van der Waals surface area contributed by atoms with Gasteiger partial charge >= 0.3 is 0 Å². The maximum atomic E-state index is 5.75. The normalized spacial score (nSPS) is 10.2. The third-order valence-electron chi connectivity index (χ3n) is 2.63. The number of benzene rings is 1. The number of rotatable bonds is 6. The monoisotopic (exact) mass is 273 g/mol. The topological polar surface area (TPSA) is 56.3 Å². The van der Waals surface area contributed by atoms with E-state index in [2.05, 4.69) is 22.2 Å². The van der Waals surface area contributed by atoms with Crippen LogP contribution in [-0.2, 0) is 0 Å². The van der Waals surface area contributed by atoms with Gasteiger partial charge in [0.1, 0.15) is 23.1 Å². The van der Waals surface area contributed by atoms with Crippen molar-refractivity contribution in [2.24, 2.45) is 0 Å². The average Bonchev–Trinajstić information content (AvgIpc) is 2.44. The van der Waals surface area contributed by atoms with Gasteiger partial charge < -0.3 is 14.8 Å². The van der Waals surface area contributed by atoms with E-state index in [4.69, 9.17) is 9.47 Å². The number of anilines is 1. The maximum Gasteiger partial charge on any atom is 0.224 e. The lowest BCUT2D eigenvalue weighted by atomic mass is 10.3. The van der Waals surface area contributed by atoms with Crippen LogP contribution in [0.5, 0.6) is 17.4 Å². The minimum atomic E-state index is 0.518. The Morgan fingerprint density at radius 3 is 2.70 bits per heavy atom. The number of ether oxygens (including phenoxy) is 2. The average molecular weight is 273 g/mol. The van der Waals surface area contributed by atoms with E-state index in [1.807, 2.05) is 31.2 Å². The second-order valence-corrected chi connectivity index (χ2v) is 4.35. The third-order valence-corrected chi connectivity index (χ3v) is 2.63. The van der Waals surface area contributed by atoms with Crippen molar-refractivity contribution in [2.45, 2.75) is 20.3 Å². The molecule has 5 heteroatoms. The quantitative estimate of drug-likeness (QED) is 0.874. The van der Waals surface area contributed by atoms with Crippen LogP contribution in [0.3, 0.4) is 0 Å². The van der Waals surface area contributed by atoms with Crippen LogP contribution in [0.4, 0.5) is 5.82 Å². The highest BCUT2D eigenvalue weighted by atomic mass is 16.5. The van der Waals surface area contributed by atoms with Crippen LogP contribution in [0.15, 0.2) is 30.3 Å². The minimum Gasteiger partial charge on any atom is -0.497 e. The second kappa shape index (κ2) is 6.75. The molecule has 1 aromatic heterocycles. The Bertz CT molecular complexity index is 573. The first-order valence-corrected chi connectivity index (χ1v) is 6.62. The standard InChI is InChI=1S/C15H19N3O2/c1-4-8-16-14-10-15(18-11(2)17-14)20-13-7-5-6-12(9-13)19-3/h5-7,9-10H,4,8H2,1-3H3,(H,16,17,18). The first-order chi connectivity index (χ1) is 9.71. The van der Waals surface area contributed by atoms with Crippen LogP contribution in [0, 0.1) is 6.92 Å². The largest absolute Gasteiger partial charge is 0.497 e. The summed E-state index contributed by atoms with van der Waals surface area (Å²) in [4.78, 5) is 8.60. The molecule has 2 aromatic rings. The van der Waals surface area contributed by atoms with Gasteiger partial charge in [-0.15, -0.1) is 0 Å². The first-order valence-electron chi connectivity index (χ1n) is 6.62. The van der Waals surface area contributed by atoms with Gasteiger partial charge in [0.05, 0.1) is 7.11 Å². The summed E-state index contributed by atoms with van der Waals surface area (Å²) in [7, 11) is 1.63. The zero-order valence-corrected chi connectivity index (χ0v) is 12.0. The molecule has 0 atom stereocenters. The number of nitrogens with zero attached hydrogens (tertiary/aromatic N) is 2. The van der Waals surface area contributed by atoms with E-state index in [9.17, 15) is 0 Å². The number of hydrogen-bond donors (Lipinski definition) is 1. The zero-order chi connectivity index (χ0) is 14.4. The molecule has 0 fully saturated rings. The van der Waals surface area contributed by atoms with Gasteiger partial charge in [0.15, 0.2) is 0 Å². The molecule has 0 aliphatic heterocycles. The second-order valence-electron chi connectivity index (χ2n) is 4.35. The van der Waals surface area contributed by atoms with Gasteiger partial charge in [-0.2, -0.15) is 4.98 Å². The number of hydrogen-bond acceptors (Lipinski definition) is 5. The highest BCUT2D eigenvalue weighted by molar-refractivity contribution is 5.41. The summed E-state index contributed by atoms with van der Waals surface area (Å²) in [6.07, 6.45) is 1.04. The molecule has 0 aliphatic rings. The molecule has 1 heterocycles. The van der Waals surface area contributed by atoms with Crippen molar-refractivity contribution in [3.63, 3.8) is 0 Å². The molecule has 0 bridgehead atoms. The Hall–Kier alpha value is -2.30. The molecule has 0 aliphatic carbocycles. The Labute approximate surface area is 119 Å². The van der Waals surface area contributed by atoms with Crippen molar-refractivity contribution < 1.29 is 9.47 Å². The van der Waals surface area contributed by atoms with E-state index in [1.165, 1.54) is 0 Å². The Morgan fingerprint density at radius 1 is 1.15 bits per heavy atom. The molecular formula is C15H19N3O2. The highest BCUT2D eigenvalue weighted by Crippen LogP contribution is 2.25. The summed E-state index contributed by atoms with van der Waals surface area (Å²) in [5, 5.41) is 3.23. The fraction of sp³-hybridized carbons (Fsp3) is 0.333. The summed E-state index contributed by atoms with van der Waals surface area (Å²) in [6, 6.07) is 9.21. The van der Waals surface area contributed by atoms with Crippen molar-refractivity contribution >= 4 is 5.82 Å². The molecule has 0 amide bonds. The Morgan fingerprint density at radius 2 is 1.95 bits per heavy atom. The summed E-state index contributed by atoms with van der Waals surface area (Å²) in [6.45, 7) is 4.82. The van der Waals surface area contributed by atoms with E-state index in [0.29, 0.717) is 17.5 Å². The predicted molar refractivity (Wildman–Crippen MR) is 78.6 cm³/mol. The van der Waals surface area contributed by atoms with Gasteiger partial charge in [0.2, 0.25) is 5.88 Å². The summed E-state index contributed by atoms with van der Waals surface area (Å²) in [5.41, 5.74) is 0. The first kappa shape index (κ1) is 14.1. The SMILES string of the molecule is CCCNc1cc(Oc2cccc(OC)c2)nc(C)n1. The van der Waals surface area contributed by atoms with Crippen molar-refractivity contribution in [2.75, 3.05) is 19.0 Å². The molecule has 106 valence electrons. The minimum absolute atomic E-state index is 0.518. The Balaban J connectivity index is 2.17. The molecule has 0 radical (unpaired) electrons. The fourth-order valence-corrected chi connectivity index (χ4v) is 1.72. The Kier molecular flexibility index (Phi) is 4.76. The third kappa shape index (κ3) is 3.85. The van der Waals surface area contributed by atoms with Gasteiger partial charge in [0.25, 0.3) is 0 Å². The molecule has 0 spiro atoms. The number of nitrogens with one attached hydrogen (secondary N) is 1. The zero-order valence-electron chi connectivity index (χ0n) is 12.0. The number of aryl methyl sites for hydroxylation is 1. The van der Waals surface area contributed by atoms with Crippen LogP contribution in [0.1, 0.15) is 19.2 Å². The maximum absolute atomic E-state index is 5.75. The van der Waals surface area contributed by atoms with E-state index in [1.54, 1.807) is 13.2 Å². The number of aromatic nitrogens is 2. The summed E-state index contributed by atoms with van der Waals surface area (Å²) in [5.74, 6) is 3.40. The van der Waals surface area contributed by atoms with Gasteiger partial charge in [-0.1, -0.05) is 13.0 Å². The lowest BCUT2D eigenvalue weighted by Crippen LogP contribution is -2.04. The van der Waals surface area contributed by atoms with Crippen LogP contribution in [0.25, 0.3) is 0 Å². The van der Waals surface area contributed by atoms with Crippen molar-refractivity contribution in [1.82, 2.24) is 9.97 Å². The molecule has 1 N–H and O–H groups in total. The van der Waals surface area contributed by atoms with E-state index in [-0.39, 0.29) is 0 Å². The lowest BCUT2D eigenvalue weighted by Gasteiger charge is -2.09. The van der Waals surface area contributed by atoms with Crippen molar-refractivity contribution in [3.8, 4) is 17.4 Å². The van der Waals surface area contributed by atoms with Gasteiger partial charge in [-0.25, -0.2) is 4.98 Å². The lowest BCUT2D eigenvalue weighted by molar-refractivity contribution is 0.407. The number of methoxy groups -OCH3 is 1. The molecule has 2 rings (SSSR count). The van der Waals surface area contributed by atoms with Gasteiger partial charge in [-0.3, -0.25) is 0 Å². The van der Waals surface area contributed by atoms with Gasteiger partial charge in [-0.05, 0) is 25.5 Å². The predicted octanol–water partition coefficient (Wildman–Crippen LogP) is 3.41. The molecule has 0 saturated carbocycles. The summed E-state index contributed by atoms with van der Waals surface area (Å²) >= 11 is 0. The molecule has 20 heavy (non-hydrogen) atoms. The smallest absolute Gasteiger partial charge is 0.224 e. The van der Waals surface area contributed by atoms with Gasteiger partial charge in [0, 0.05) is 18.7 Å². The molecule has 0 saturated heterocycles. The van der Waals surface area contributed by atoms with Crippen LogP contribution in [0.2, 0.25) is 0 Å². The molecule has 0 unspecified atom stereocenters. The molecular weight excluding hydrogens is 254 g/mol. The van der Waals surface area contributed by atoms with Crippen LogP contribution in [-0.4, -0.2) is 23.6 Å². The summed E-state index contributed by atoms with van der Waals surface area (Å²) < 4.78 is 10.9. The molecule has 1 aromatic carbocycles. The highest BCUT2D eigenvalue weighted by Gasteiger charge is 2.05. The van der Waals surface area contributed by atoms with Crippen LogP contribution >= 0.6 is 0 Å². The van der Waals surface area contributed by atoms with Crippen LogP contribution < -0.4 is 14.8 Å². The van der Waals surface area contributed by atoms with Crippen molar-refractivity contribution in [1.29, 1.82) is 0 Å².